The largest absolute Gasteiger partial charge is 0.457 e. The van der Waals surface area contributed by atoms with Crippen molar-refractivity contribution in [3.05, 3.63) is 71.4 Å². The number of benzene rings is 2. The lowest BCUT2D eigenvalue weighted by atomic mass is 9.93. The molecule has 0 aliphatic carbocycles. The number of likely N-dealkylation sites (tertiary alicyclic amines) is 1. The molecule has 0 saturated carbocycles. The van der Waals surface area contributed by atoms with Crippen LogP contribution in [-0.4, -0.2) is 62.6 Å². The van der Waals surface area contributed by atoms with Crippen molar-refractivity contribution in [2.45, 2.75) is 37.6 Å². The van der Waals surface area contributed by atoms with Crippen molar-refractivity contribution >= 4 is 29.4 Å². The minimum atomic E-state index is -3.12. The smallest absolute Gasteiger partial charge is 0.335 e. The lowest BCUT2D eigenvalue weighted by Gasteiger charge is -2.39. The van der Waals surface area contributed by atoms with E-state index in [9.17, 15) is 4.79 Å². The minimum absolute atomic E-state index is 0. The Morgan fingerprint density at radius 1 is 1.00 bits per heavy atom. The number of aromatic nitrogens is 4. The zero-order valence-corrected chi connectivity index (χ0v) is 23.4. The molecule has 0 unspecified atom stereocenters. The predicted molar refractivity (Wildman–Crippen MR) is 157 cm³/mol. The van der Waals surface area contributed by atoms with E-state index in [1.807, 2.05) is 35.2 Å². The SMILES string of the molecule is Cl.Nc1ncnc2c1n(-c1ccc(Oc3ccccc3)cc1)c(=O)n2[C@@H]1CCN(CCC2CCNCC2)CC1(F)F. The predicted octanol–water partition coefficient (Wildman–Crippen LogP) is 4.65. The molecule has 2 aromatic carbocycles. The highest BCUT2D eigenvalue weighted by molar-refractivity contribution is 5.85. The molecule has 1 atom stereocenters. The Hall–Kier alpha value is -3.54. The number of rotatable bonds is 7. The molecule has 4 heterocycles. The van der Waals surface area contributed by atoms with Crippen LogP contribution in [0.1, 0.15) is 31.7 Å². The van der Waals surface area contributed by atoms with Crippen LogP contribution < -0.4 is 21.5 Å². The number of alkyl halides is 2. The third kappa shape index (κ3) is 5.93. The highest BCUT2D eigenvalue weighted by Gasteiger charge is 2.47. The Kier molecular flexibility index (Phi) is 8.58. The molecule has 2 aliphatic rings. The summed E-state index contributed by atoms with van der Waals surface area (Å²) in [4.78, 5) is 24.0. The van der Waals surface area contributed by atoms with Gasteiger partial charge in [0.05, 0.1) is 12.2 Å². The topological polar surface area (TPSA) is 103 Å². The highest BCUT2D eigenvalue weighted by Crippen LogP contribution is 2.38. The molecular weight excluding hydrogens is 552 g/mol. The summed E-state index contributed by atoms with van der Waals surface area (Å²) in [6.45, 7) is 2.70. The molecule has 0 spiro atoms. The normalized spacial score (nSPS) is 19.6. The quantitative estimate of drug-likeness (QED) is 0.325. The van der Waals surface area contributed by atoms with E-state index in [1.165, 1.54) is 10.9 Å². The fourth-order valence-electron chi connectivity index (χ4n) is 5.92. The number of halogens is 3. The second-order valence-corrected chi connectivity index (χ2v) is 10.7. The van der Waals surface area contributed by atoms with Crippen LogP contribution in [0.4, 0.5) is 14.6 Å². The van der Waals surface area contributed by atoms with Crippen LogP contribution in [0.5, 0.6) is 11.5 Å². The first-order valence-electron chi connectivity index (χ1n) is 13.8. The number of ether oxygens (including phenoxy) is 1. The molecule has 6 rings (SSSR count). The number of para-hydroxylation sites is 1. The number of imidazole rings is 1. The molecule has 0 bridgehead atoms. The van der Waals surface area contributed by atoms with Crippen molar-refractivity contribution in [2.24, 2.45) is 5.92 Å². The zero-order chi connectivity index (χ0) is 27.7. The fourth-order valence-corrected chi connectivity index (χ4v) is 5.92. The van der Waals surface area contributed by atoms with Crippen molar-refractivity contribution in [2.75, 3.05) is 38.5 Å². The van der Waals surface area contributed by atoms with E-state index in [4.69, 9.17) is 10.5 Å². The van der Waals surface area contributed by atoms with Gasteiger partial charge in [-0.3, -0.25) is 14.0 Å². The number of anilines is 1. The second kappa shape index (κ2) is 12.1. The molecule has 2 fully saturated rings. The Labute approximate surface area is 242 Å². The van der Waals surface area contributed by atoms with Gasteiger partial charge in [0.1, 0.15) is 29.4 Å². The van der Waals surface area contributed by atoms with E-state index in [0.717, 1.165) is 36.9 Å². The summed E-state index contributed by atoms with van der Waals surface area (Å²) in [6, 6.07) is 14.8. The van der Waals surface area contributed by atoms with Crippen LogP contribution in [0.15, 0.2) is 65.7 Å². The molecule has 9 nitrogen and oxygen atoms in total. The molecular formula is C29H34ClF2N7O2. The lowest BCUT2D eigenvalue weighted by Crippen LogP contribution is -2.51. The average Bonchev–Trinajstić information content (AvgIpc) is 3.26. The van der Waals surface area contributed by atoms with E-state index in [2.05, 4.69) is 15.3 Å². The van der Waals surface area contributed by atoms with Gasteiger partial charge in [0.25, 0.3) is 5.92 Å². The van der Waals surface area contributed by atoms with Crippen molar-refractivity contribution < 1.29 is 13.5 Å². The van der Waals surface area contributed by atoms with Gasteiger partial charge in [0.15, 0.2) is 11.5 Å². The maximum Gasteiger partial charge on any atom is 0.335 e. The summed E-state index contributed by atoms with van der Waals surface area (Å²) in [5.74, 6) is -1.27. The number of nitrogens with two attached hydrogens (primary N) is 1. The number of fused-ring (bicyclic) bond motifs is 1. The first kappa shape index (κ1) is 29.0. The molecule has 2 aliphatic heterocycles. The first-order chi connectivity index (χ1) is 19.4. The molecule has 41 heavy (non-hydrogen) atoms. The standard InChI is InChI=1S/C29H33F2N7O2.ClH/c30-29(31)18-36(16-12-20-10-14-33-15-11-20)17-13-24(29)38-27-25(26(32)34-19-35-27)37(28(38)39)21-6-8-23(9-7-21)40-22-4-2-1-3-5-22;/h1-9,19-20,24,33H,10-18H2,(H2,32,34,35);1H/t24-;/m1./s1. The van der Waals surface area contributed by atoms with Crippen molar-refractivity contribution in [1.82, 2.24) is 29.3 Å². The molecule has 218 valence electrons. The summed E-state index contributed by atoms with van der Waals surface area (Å²) < 4.78 is 39.8. The maximum atomic E-state index is 15.7. The fraction of sp³-hybridized carbons (Fsp3) is 0.414. The van der Waals surface area contributed by atoms with Crippen LogP contribution in [0.25, 0.3) is 16.9 Å². The first-order valence-corrected chi connectivity index (χ1v) is 13.8. The van der Waals surface area contributed by atoms with Gasteiger partial charge in [0, 0.05) is 6.54 Å². The van der Waals surface area contributed by atoms with Gasteiger partial charge in [-0.05, 0) is 87.6 Å². The van der Waals surface area contributed by atoms with E-state index in [1.54, 1.807) is 24.3 Å². The van der Waals surface area contributed by atoms with Gasteiger partial charge in [-0.2, -0.15) is 0 Å². The van der Waals surface area contributed by atoms with Crippen molar-refractivity contribution in [3.63, 3.8) is 0 Å². The number of piperidine rings is 2. The van der Waals surface area contributed by atoms with Crippen LogP contribution in [0.3, 0.4) is 0 Å². The molecule has 0 amide bonds. The van der Waals surface area contributed by atoms with Gasteiger partial charge >= 0.3 is 5.69 Å². The van der Waals surface area contributed by atoms with Gasteiger partial charge in [-0.15, -0.1) is 12.4 Å². The van der Waals surface area contributed by atoms with Gasteiger partial charge in [-0.25, -0.2) is 23.5 Å². The molecule has 2 saturated heterocycles. The van der Waals surface area contributed by atoms with E-state index < -0.39 is 24.2 Å². The molecule has 4 aromatic rings. The Bertz CT molecular complexity index is 1520. The summed E-state index contributed by atoms with van der Waals surface area (Å²) >= 11 is 0. The summed E-state index contributed by atoms with van der Waals surface area (Å²) in [5, 5.41) is 3.35. The van der Waals surface area contributed by atoms with Crippen LogP contribution in [0, 0.1) is 5.92 Å². The van der Waals surface area contributed by atoms with E-state index >= 15 is 8.78 Å². The summed E-state index contributed by atoms with van der Waals surface area (Å²) in [5.41, 5.74) is 6.35. The third-order valence-corrected chi connectivity index (χ3v) is 8.02. The highest BCUT2D eigenvalue weighted by atomic mass is 35.5. The number of nitrogen functional groups attached to an aromatic ring is 1. The molecule has 3 N–H and O–H groups in total. The molecule has 0 radical (unpaired) electrons. The van der Waals surface area contributed by atoms with Gasteiger partial charge < -0.3 is 15.8 Å². The van der Waals surface area contributed by atoms with Crippen molar-refractivity contribution in [3.8, 4) is 17.2 Å². The summed E-state index contributed by atoms with van der Waals surface area (Å²) in [6.07, 6.45) is 4.42. The minimum Gasteiger partial charge on any atom is -0.457 e. The zero-order valence-electron chi connectivity index (χ0n) is 22.6. The van der Waals surface area contributed by atoms with Crippen LogP contribution >= 0.6 is 12.4 Å². The number of hydrogen-bond acceptors (Lipinski definition) is 7. The van der Waals surface area contributed by atoms with E-state index in [0.29, 0.717) is 36.2 Å². The second-order valence-electron chi connectivity index (χ2n) is 10.7. The van der Waals surface area contributed by atoms with Crippen LogP contribution in [-0.2, 0) is 0 Å². The number of nitrogens with one attached hydrogen (secondary N) is 1. The lowest BCUT2D eigenvalue weighted by molar-refractivity contribution is -0.104. The summed E-state index contributed by atoms with van der Waals surface area (Å²) in [7, 11) is 0. The molecule has 2 aromatic heterocycles. The Morgan fingerprint density at radius 3 is 2.41 bits per heavy atom. The maximum absolute atomic E-state index is 15.7. The van der Waals surface area contributed by atoms with Gasteiger partial charge in [0.2, 0.25) is 0 Å². The Balaban J connectivity index is 0.00000337. The Morgan fingerprint density at radius 2 is 1.71 bits per heavy atom. The molecule has 12 heteroatoms. The van der Waals surface area contributed by atoms with Crippen LogP contribution in [0.2, 0.25) is 0 Å². The number of hydrogen-bond donors (Lipinski definition) is 2. The van der Waals surface area contributed by atoms with Gasteiger partial charge in [-0.1, -0.05) is 18.2 Å². The number of nitrogens with zero attached hydrogens (tertiary/aromatic N) is 5. The van der Waals surface area contributed by atoms with Crippen molar-refractivity contribution in [1.29, 1.82) is 0 Å². The monoisotopic (exact) mass is 585 g/mol. The van der Waals surface area contributed by atoms with E-state index in [-0.39, 0.29) is 35.8 Å². The average molecular weight is 586 g/mol. The third-order valence-electron chi connectivity index (χ3n) is 8.02.